The lowest BCUT2D eigenvalue weighted by atomic mass is 10.2. The largest absolute Gasteiger partial charge is 0.497 e. The first-order valence-corrected chi connectivity index (χ1v) is 12.5. The van der Waals surface area contributed by atoms with Crippen LogP contribution in [0.15, 0.2) is 77.7 Å². The van der Waals surface area contributed by atoms with E-state index in [1.165, 1.54) is 23.5 Å². The van der Waals surface area contributed by atoms with E-state index in [0.29, 0.717) is 28.7 Å². The number of fused-ring (bicyclic) bond motifs is 2. The number of carbonyl (C=O) groups excluding carboxylic acids is 1. The first-order valence-electron chi connectivity index (χ1n) is 11.0. The molecule has 35 heavy (non-hydrogen) atoms. The monoisotopic (exact) mass is 496 g/mol. The minimum Gasteiger partial charge on any atom is -0.497 e. The maximum atomic E-state index is 13.5. The molecule has 0 saturated heterocycles. The van der Waals surface area contributed by atoms with E-state index < -0.39 is 22.0 Å². The molecule has 0 unspecified atom stereocenters. The van der Waals surface area contributed by atoms with E-state index in [2.05, 4.69) is 5.32 Å². The van der Waals surface area contributed by atoms with Gasteiger partial charge in [-0.3, -0.25) is 9.10 Å². The lowest BCUT2D eigenvalue weighted by Gasteiger charge is -2.35. The summed E-state index contributed by atoms with van der Waals surface area (Å²) in [7, 11) is -2.45. The Bertz CT molecular complexity index is 1330. The number of anilines is 1. The van der Waals surface area contributed by atoms with Gasteiger partial charge in [0, 0.05) is 0 Å². The number of methoxy groups -OCH3 is 1. The van der Waals surface area contributed by atoms with E-state index in [1.807, 2.05) is 18.2 Å². The van der Waals surface area contributed by atoms with Crippen LogP contribution in [0.4, 0.5) is 5.69 Å². The van der Waals surface area contributed by atoms with Crippen molar-refractivity contribution in [2.24, 2.45) is 0 Å². The van der Waals surface area contributed by atoms with Crippen molar-refractivity contribution in [3.05, 3.63) is 72.8 Å². The normalized spacial score (nSPS) is 18.7. The van der Waals surface area contributed by atoms with Crippen LogP contribution in [-0.4, -0.2) is 53.3 Å². The molecule has 0 fully saturated rings. The second-order valence-electron chi connectivity index (χ2n) is 8.03. The molecule has 10 heteroatoms. The number of rotatable bonds is 6. The molecule has 0 aromatic heterocycles. The van der Waals surface area contributed by atoms with Crippen molar-refractivity contribution in [1.82, 2.24) is 5.32 Å². The zero-order valence-corrected chi connectivity index (χ0v) is 19.7. The first-order chi connectivity index (χ1) is 17.0. The summed E-state index contributed by atoms with van der Waals surface area (Å²) < 4.78 is 50.8. The van der Waals surface area contributed by atoms with E-state index >= 15 is 0 Å². The van der Waals surface area contributed by atoms with Gasteiger partial charge in [0.1, 0.15) is 24.2 Å². The molecular weight excluding hydrogens is 472 g/mol. The van der Waals surface area contributed by atoms with E-state index in [-0.39, 0.29) is 30.7 Å². The molecule has 182 valence electrons. The zero-order valence-electron chi connectivity index (χ0n) is 18.9. The van der Waals surface area contributed by atoms with Gasteiger partial charge in [-0.05, 0) is 48.5 Å². The highest BCUT2D eigenvalue weighted by atomic mass is 32.2. The third-order valence-electron chi connectivity index (χ3n) is 5.75. The summed E-state index contributed by atoms with van der Waals surface area (Å²) in [5.41, 5.74) is 0.369. The molecule has 0 bridgehead atoms. The number of hydrogen-bond donors (Lipinski definition) is 1. The fourth-order valence-corrected chi connectivity index (χ4v) is 5.41. The topological polar surface area (TPSA) is 103 Å². The smallest absolute Gasteiger partial charge is 0.264 e. The number of amides is 1. The van der Waals surface area contributed by atoms with Crippen LogP contribution in [0.2, 0.25) is 0 Å². The van der Waals surface area contributed by atoms with Crippen molar-refractivity contribution in [2.45, 2.75) is 17.1 Å². The van der Waals surface area contributed by atoms with Gasteiger partial charge in [-0.1, -0.05) is 24.3 Å². The van der Waals surface area contributed by atoms with Crippen LogP contribution in [0.1, 0.15) is 0 Å². The summed E-state index contributed by atoms with van der Waals surface area (Å²) in [5.74, 6) is 1.67. The Hall–Kier alpha value is -3.92. The van der Waals surface area contributed by atoms with Crippen molar-refractivity contribution in [3.8, 4) is 23.0 Å². The van der Waals surface area contributed by atoms with Crippen molar-refractivity contribution >= 4 is 21.6 Å². The van der Waals surface area contributed by atoms with Crippen molar-refractivity contribution in [3.63, 3.8) is 0 Å². The molecule has 0 radical (unpaired) electrons. The molecule has 9 nitrogen and oxygen atoms in total. The Kier molecular flexibility index (Phi) is 6.12. The van der Waals surface area contributed by atoms with Crippen LogP contribution in [0.25, 0.3) is 0 Å². The van der Waals surface area contributed by atoms with Gasteiger partial charge >= 0.3 is 0 Å². The predicted molar refractivity (Wildman–Crippen MR) is 128 cm³/mol. The Balaban J connectivity index is 1.32. The van der Waals surface area contributed by atoms with Gasteiger partial charge in [0.05, 0.1) is 30.8 Å². The number of ether oxygens (including phenoxy) is 4. The fraction of sp³-hybridized carbons (Fsp3) is 0.240. The van der Waals surface area contributed by atoms with Crippen LogP contribution in [0.5, 0.6) is 23.0 Å². The van der Waals surface area contributed by atoms with Crippen LogP contribution in [0.3, 0.4) is 0 Å². The van der Waals surface area contributed by atoms with Crippen molar-refractivity contribution in [2.75, 3.05) is 31.1 Å². The predicted octanol–water partition coefficient (Wildman–Crippen LogP) is 2.61. The van der Waals surface area contributed by atoms with Gasteiger partial charge in [-0.2, -0.15) is 0 Å². The number of sulfonamides is 1. The number of benzene rings is 3. The van der Waals surface area contributed by atoms with Crippen LogP contribution in [0, 0.1) is 0 Å². The standard InChI is InChI=1S/C25H24N2O7S/c1-31-17-10-12-19(13-11-17)35(29,30)27-15-24(34-21-7-3-2-6-20(21)27)25(28)26-14-18-16-32-22-8-4-5-9-23(22)33-18/h2-13,18,24H,14-16H2,1H3,(H,26,28)/t18-,24-/m1/s1. The number of hydrogen-bond acceptors (Lipinski definition) is 7. The zero-order chi connectivity index (χ0) is 24.4. The molecule has 3 aromatic carbocycles. The van der Waals surface area contributed by atoms with Gasteiger partial charge in [-0.15, -0.1) is 0 Å². The summed E-state index contributed by atoms with van der Waals surface area (Å²) in [5, 5.41) is 2.80. The highest BCUT2D eigenvalue weighted by molar-refractivity contribution is 7.92. The molecule has 0 saturated carbocycles. The third kappa shape index (κ3) is 4.57. The van der Waals surface area contributed by atoms with Gasteiger partial charge < -0.3 is 24.3 Å². The summed E-state index contributed by atoms with van der Waals surface area (Å²) in [6.45, 7) is 0.283. The van der Waals surface area contributed by atoms with E-state index in [0.717, 1.165) is 0 Å². The second-order valence-corrected chi connectivity index (χ2v) is 9.89. The molecule has 3 aromatic rings. The van der Waals surface area contributed by atoms with Crippen molar-refractivity contribution in [1.29, 1.82) is 0 Å². The fourth-order valence-electron chi connectivity index (χ4n) is 3.93. The Morgan fingerprint density at radius 2 is 1.66 bits per heavy atom. The van der Waals surface area contributed by atoms with Crippen molar-refractivity contribution < 1.29 is 32.2 Å². The lowest BCUT2D eigenvalue weighted by Crippen LogP contribution is -2.52. The molecule has 5 rings (SSSR count). The Morgan fingerprint density at radius 1 is 0.971 bits per heavy atom. The first kappa shape index (κ1) is 22.9. The minimum atomic E-state index is -3.96. The van der Waals surface area contributed by atoms with Gasteiger partial charge in [0.15, 0.2) is 17.6 Å². The highest BCUT2D eigenvalue weighted by Gasteiger charge is 2.37. The van der Waals surface area contributed by atoms with Gasteiger partial charge in [0.25, 0.3) is 15.9 Å². The number of carbonyl (C=O) groups is 1. The summed E-state index contributed by atoms with van der Waals surface area (Å²) in [6, 6.07) is 20.1. The van der Waals surface area contributed by atoms with E-state index in [9.17, 15) is 13.2 Å². The van der Waals surface area contributed by atoms with Gasteiger partial charge in [0.2, 0.25) is 0 Å². The Morgan fingerprint density at radius 3 is 2.40 bits per heavy atom. The van der Waals surface area contributed by atoms with Crippen LogP contribution in [-0.2, 0) is 14.8 Å². The average molecular weight is 497 g/mol. The summed E-state index contributed by atoms with van der Waals surface area (Å²) >= 11 is 0. The number of nitrogens with zero attached hydrogens (tertiary/aromatic N) is 1. The Labute approximate surface area is 203 Å². The van der Waals surface area contributed by atoms with Crippen LogP contribution >= 0.6 is 0 Å². The van der Waals surface area contributed by atoms with Crippen LogP contribution < -0.4 is 28.6 Å². The van der Waals surface area contributed by atoms with E-state index in [4.69, 9.17) is 18.9 Å². The minimum absolute atomic E-state index is 0.0839. The lowest BCUT2D eigenvalue weighted by molar-refractivity contribution is -0.128. The SMILES string of the molecule is COc1ccc(S(=O)(=O)N2C[C@H](C(=O)NC[C@@H]3COc4ccccc4O3)Oc3ccccc32)cc1. The average Bonchev–Trinajstić information content (AvgIpc) is 2.91. The summed E-state index contributed by atoms with van der Waals surface area (Å²) in [4.78, 5) is 13.1. The maximum absolute atomic E-state index is 13.5. The van der Waals surface area contributed by atoms with Gasteiger partial charge in [-0.25, -0.2) is 8.42 Å². The number of para-hydroxylation sites is 4. The van der Waals surface area contributed by atoms with E-state index in [1.54, 1.807) is 42.5 Å². The molecule has 2 atom stereocenters. The quantitative estimate of drug-likeness (QED) is 0.560. The maximum Gasteiger partial charge on any atom is 0.264 e. The molecule has 2 aliphatic heterocycles. The molecule has 1 amide bonds. The molecule has 0 aliphatic carbocycles. The summed E-state index contributed by atoms with van der Waals surface area (Å²) in [6.07, 6.45) is -1.43. The molecule has 2 aliphatic rings. The number of nitrogens with one attached hydrogen (secondary N) is 1. The molecular formula is C25H24N2O7S. The highest BCUT2D eigenvalue weighted by Crippen LogP contribution is 2.37. The molecule has 1 N–H and O–H groups in total. The third-order valence-corrected chi connectivity index (χ3v) is 7.54. The molecule has 2 heterocycles. The second kappa shape index (κ2) is 9.38. The molecule has 0 spiro atoms.